The fourth-order valence-electron chi connectivity index (χ4n) is 1.28. The molecule has 0 spiro atoms. The van der Waals surface area contributed by atoms with E-state index < -0.39 is 47.8 Å². The molecule has 112 valence electrons. The number of aromatic carboxylic acids is 1. The maximum atomic E-state index is 12.6. The van der Waals surface area contributed by atoms with Gasteiger partial charge in [0.1, 0.15) is 0 Å². The Morgan fingerprint density at radius 3 is 2.20 bits per heavy atom. The SMILES string of the molecule is NCc1cc(OC(F)(F)F)c(C(F)(F)F)nc1C(=O)O. The van der Waals surface area contributed by atoms with Crippen LogP contribution in [0, 0.1) is 0 Å². The molecule has 20 heavy (non-hydrogen) atoms. The number of pyridine rings is 1. The third-order valence-corrected chi connectivity index (χ3v) is 1.98. The molecule has 0 saturated carbocycles. The maximum absolute atomic E-state index is 12.6. The summed E-state index contributed by atoms with van der Waals surface area (Å²) in [5.74, 6) is -3.51. The average Bonchev–Trinajstić information content (AvgIpc) is 2.24. The molecule has 1 rings (SSSR count). The second-order valence-corrected chi connectivity index (χ2v) is 3.40. The van der Waals surface area contributed by atoms with Crippen LogP contribution in [0.5, 0.6) is 5.75 Å². The Hall–Kier alpha value is -2.04. The van der Waals surface area contributed by atoms with Crippen LogP contribution in [0.4, 0.5) is 26.3 Å². The number of carbonyl (C=O) groups is 1. The topological polar surface area (TPSA) is 85.4 Å². The van der Waals surface area contributed by atoms with Crippen LogP contribution in [0.25, 0.3) is 0 Å². The van der Waals surface area contributed by atoms with Gasteiger partial charge in [-0.05, 0) is 6.07 Å². The van der Waals surface area contributed by atoms with Crippen molar-refractivity contribution in [2.24, 2.45) is 5.73 Å². The highest BCUT2D eigenvalue weighted by atomic mass is 19.4. The highest BCUT2D eigenvalue weighted by Gasteiger charge is 2.42. The van der Waals surface area contributed by atoms with Crippen molar-refractivity contribution in [3.63, 3.8) is 0 Å². The summed E-state index contributed by atoms with van der Waals surface area (Å²) in [5.41, 5.74) is 1.35. The van der Waals surface area contributed by atoms with E-state index in [9.17, 15) is 31.1 Å². The van der Waals surface area contributed by atoms with Gasteiger partial charge in [-0.1, -0.05) is 0 Å². The van der Waals surface area contributed by atoms with Crippen molar-refractivity contribution < 1.29 is 41.0 Å². The molecule has 0 aliphatic carbocycles. The predicted octanol–water partition coefficient (Wildman–Crippen LogP) is 2.16. The summed E-state index contributed by atoms with van der Waals surface area (Å²) in [6, 6.07) is 0.257. The fraction of sp³-hybridized carbons (Fsp3) is 0.333. The average molecular weight is 304 g/mol. The van der Waals surface area contributed by atoms with Gasteiger partial charge in [-0.2, -0.15) is 13.2 Å². The van der Waals surface area contributed by atoms with Gasteiger partial charge in [0.05, 0.1) is 0 Å². The molecule has 0 atom stereocenters. The number of hydrogen-bond donors (Lipinski definition) is 2. The Morgan fingerprint density at radius 2 is 1.85 bits per heavy atom. The van der Waals surface area contributed by atoms with E-state index in [1.807, 2.05) is 0 Å². The molecule has 0 bridgehead atoms. The Labute approximate surface area is 107 Å². The first-order chi connectivity index (χ1) is 8.95. The summed E-state index contributed by atoms with van der Waals surface area (Å²) in [5, 5.41) is 8.66. The number of nitrogens with two attached hydrogens (primary N) is 1. The summed E-state index contributed by atoms with van der Waals surface area (Å²) in [7, 11) is 0. The lowest BCUT2D eigenvalue weighted by Gasteiger charge is -2.16. The van der Waals surface area contributed by atoms with Crippen molar-refractivity contribution >= 4 is 5.97 Å². The normalized spacial score (nSPS) is 12.3. The molecule has 0 aromatic carbocycles. The lowest BCUT2D eigenvalue weighted by Crippen LogP contribution is -2.23. The molecule has 0 unspecified atom stereocenters. The molecule has 0 aliphatic heterocycles. The van der Waals surface area contributed by atoms with Crippen molar-refractivity contribution in [1.82, 2.24) is 4.98 Å². The number of alkyl halides is 6. The Bertz CT molecular complexity index is 526. The predicted molar refractivity (Wildman–Crippen MR) is 50.8 cm³/mol. The van der Waals surface area contributed by atoms with Crippen molar-refractivity contribution in [2.75, 3.05) is 0 Å². The van der Waals surface area contributed by atoms with E-state index in [2.05, 4.69) is 9.72 Å². The van der Waals surface area contributed by atoms with Crippen LogP contribution in [0.15, 0.2) is 6.07 Å². The molecular weight excluding hydrogens is 298 g/mol. The number of carboxylic acids is 1. The molecule has 0 fully saturated rings. The summed E-state index contributed by atoms with van der Waals surface area (Å²) in [4.78, 5) is 13.4. The van der Waals surface area contributed by atoms with Crippen molar-refractivity contribution in [2.45, 2.75) is 19.1 Å². The van der Waals surface area contributed by atoms with Gasteiger partial charge >= 0.3 is 18.5 Å². The lowest BCUT2D eigenvalue weighted by atomic mass is 10.1. The van der Waals surface area contributed by atoms with E-state index in [0.717, 1.165) is 0 Å². The van der Waals surface area contributed by atoms with Crippen LogP contribution < -0.4 is 10.5 Å². The minimum Gasteiger partial charge on any atom is -0.477 e. The highest BCUT2D eigenvalue weighted by Crippen LogP contribution is 2.38. The second-order valence-electron chi connectivity index (χ2n) is 3.40. The third-order valence-electron chi connectivity index (χ3n) is 1.98. The first-order valence-electron chi connectivity index (χ1n) is 4.76. The monoisotopic (exact) mass is 304 g/mol. The number of ether oxygens (including phenoxy) is 1. The van der Waals surface area contributed by atoms with Gasteiger partial charge in [-0.25, -0.2) is 9.78 Å². The van der Waals surface area contributed by atoms with Crippen molar-refractivity contribution in [3.8, 4) is 5.75 Å². The second kappa shape index (κ2) is 5.15. The number of halogens is 6. The van der Waals surface area contributed by atoms with Crippen molar-refractivity contribution in [3.05, 3.63) is 23.0 Å². The molecule has 0 radical (unpaired) electrons. The number of aromatic nitrogens is 1. The third kappa shape index (κ3) is 3.73. The zero-order chi connectivity index (χ0) is 15.7. The van der Waals surface area contributed by atoms with Gasteiger partial charge in [-0.15, -0.1) is 13.2 Å². The Balaban J connectivity index is 3.52. The van der Waals surface area contributed by atoms with E-state index in [1.54, 1.807) is 0 Å². The Kier molecular flexibility index (Phi) is 4.12. The van der Waals surface area contributed by atoms with Gasteiger partial charge in [0.25, 0.3) is 0 Å². The zero-order valence-electron chi connectivity index (χ0n) is 9.34. The molecule has 0 saturated heterocycles. The van der Waals surface area contributed by atoms with Crippen LogP contribution in [0.3, 0.4) is 0 Å². The lowest BCUT2D eigenvalue weighted by molar-refractivity contribution is -0.276. The zero-order valence-corrected chi connectivity index (χ0v) is 9.34. The largest absolute Gasteiger partial charge is 0.573 e. The number of carboxylic acid groups (broad SMARTS) is 1. The van der Waals surface area contributed by atoms with Crippen LogP contribution in [-0.2, 0) is 12.7 Å². The Morgan fingerprint density at radius 1 is 1.30 bits per heavy atom. The number of hydrogen-bond acceptors (Lipinski definition) is 4. The first-order valence-corrected chi connectivity index (χ1v) is 4.76. The molecule has 1 heterocycles. The minimum absolute atomic E-state index is 0.257. The smallest absolute Gasteiger partial charge is 0.477 e. The van der Waals surface area contributed by atoms with Crippen LogP contribution in [-0.4, -0.2) is 22.4 Å². The van der Waals surface area contributed by atoms with E-state index in [-0.39, 0.29) is 6.07 Å². The van der Waals surface area contributed by atoms with E-state index in [0.29, 0.717) is 0 Å². The highest BCUT2D eigenvalue weighted by molar-refractivity contribution is 5.87. The molecule has 5 nitrogen and oxygen atoms in total. The van der Waals surface area contributed by atoms with E-state index in [1.165, 1.54) is 0 Å². The van der Waals surface area contributed by atoms with Crippen LogP contribution in [0.1, 0.15) is 21.7 Å². The standard InChI is InChI=1S/C9H6F6N2O3/c10-8(11,12)6-4(20-9(13,14)15)1-3(2-16)5(17-6)7(18)19/h1H,2,16H2,(H,18,19). The van der Waals surface area contributed by atoms with Crippen LogP contribution >= 0.6 is 0 Å². The molecule has 0 aliphatic rings. The number of nitrogens with zero attached hydrogens (tertiary/aromatic N) is 1. The van der Waals surface area contributed by atoms with Gasteiger partial charge in [0.2, 0.25) is 0 Å². The summed E-state index contributed by atoms with van der Waals surface area (Å²) in [6.07, 6.45) is -10.7. The molecule has 11 heteroatoms. The van der Waals surface area contributed by atoms with Gasteiger partial charge in [-0.3, -0.25) is 0 Å². The maximum Gasteiger partial charge on any atom is 0.573 e. The fourth-order valence-corrected chi connectivity index (χ4v) is 1.28. The minimum atomic E-state index is -5.39. The molecule has 1 aromatic rings. The summed E-state index contributed by atoms with van der Waals surface area (Å²) in [6.45, 7) is -0.624. The summed E-state index contributed by atoms with van der Waals surface area (Å²) >= 11 is 0. The van der Waals surface area contributed by atoms with Crippen molar-refractivity contribution in [1.29, 1.82) is 0 Å². The molecule has 0 amide bonds. The van der Waals surface area contributed by atoms with Gasteiger partial charge < -0.3 is 15.6 Å². The molecular formula is C9H6F6N2O3. The first kappa shape index (κ1) is 16.0. The quantitative estimate of drug-likeness (QED) is 0.836. The van der Waals surface area contributed by atoms with Gasteiger partial charge in [0.15, 0.2) is 17.1 Å². The number of rotatable bonds is 3. The molecule has 3 N–H and O–H groups in total. The van der Waals surface area contributed by atoms with Crippen LogP contribution in [0.2, 0.25) is 0 Å². The van der Waals surface area contributed by atoms with E-state index >= 15 is 0 Å². The summed E-state index contributed by atoms with van der Waals surface area (Å²) < 4.78 is 77.0. The van der Waals surface area contributed by atoms with Gasteiger partial charge in [0, 0.05) is 12.1 Å². The van der Waals surface area contributed by atoms with E-state index in [4.69, 9.17) is 10.8 Å². The molecule has 1 aromatic heterocycles.